The summed E-state index contributed by atoms with van der Waals surface area (Å²) in [5.74, 6) is 0. The van der Waals surface area contributed by atoms with Gasteiger partial charge in [-0.25, -0.2) is 0 Å². The third-order valence-corrected chi connectivity index (χ3v) is 3.61. The number of rotatable bonds is 5. The predicted octanol–water partition coefficient (Wildman–Crippen LogP) is 6.92. The zero-order valence-electron chi connectivity index (χ0n) is 15.3. The third kappa shape index (κ3) is 6.69. The summed E-state index contributed by atoms with van der Waals surface area (Å²) in [5, 5.41) is 0. The normalized spacial score (nSPS) is 11.3. The maximum Gasteiger partial charge on any atom is -0.00198 e. The first kappa shape index (κ1) is 19.0. The molecule has 0 N–H and O–H groups in total. The van der Waals surface area contributed by atoms with E-state index in [4.69, 9.17) is 0 Å². The topological polar surface area (TPSA) is 0 Å². The van der Waals surface area contributed by atoms with E-state index in [2.05, 4.69) is 87.5 Å². The van der Waals surface area contributed by atoms with Gasteiger partial charge in [-0.05, 0) is 43.4 Å². The molecule has 0 aliphatic rings. The van der Waals surface area contributed by atoms with Crippen LogP contribution in [0.4, 0.5) is 0 Å². The Morgan fingerprint density at radius 3 is 1.87 bits per heavy atom. The van der Waals surface area contributed by atoms with Crippen LogP contribution in [0.3, 0.4) is 0 Å². The lowest BCUT2D eigenvalue weighted by molar-refractivity contribution is 1.22. The SMILES string of the molecule is CC.CC/C=C\C=C(/Cc1ccc(C)cc1)c1ccc(C)cc1. The Hall–Kier alpha value is -2.08. The van der Waals surface area contributed by atoms with Crippen molar-refractivity contribution in [2.24, 2.45) is 0 Å². The summed E-state index contributed by atoms with van der Waals surface area (Å²) in [7, 11) is 0. The molecule has 0 nitrogen and oxygen atoms in total. The van der Waals surface area contributed by atoms with Crippen LogP contribution in [0.2, 0.25) is 0 Å². The van der Waals surface area contributed by atoms with Crippen LogP contribution in [0.15, 0.2) is 66.8 Å². The Bertz CT molecular complexity index is 610. The van der Waals surface area contributed by atoms with Crippen LogP contribution >= 0.6 is 0 Å². The molecule has 2 aromatic rings. The van der Waals surface area contributed by atoms with Crippen molar-refractivity contribution < 1.29 is 0 Å². The maximum atomic E-state index is 2.24. The molecule has 0 bridgehead atoms. The summed E-state index contributed by atoms with van der Waals surface area (Å²) < 4.78 is 0. The van der Waals surface area contributed by atoms with Crippen LogP contribution in [-0.4, -0.2) is 0 Å². The van der Waals surface area contributed by atoms with E-state index in [9.17, 15) is 0 Å². The average molecular weight is 306 g/mol. The van der Waals surface area contributed by atoms with Crippen LogP contribution in [0, 0.1) is 13.8 Å². The van der Waals surface area contributed by atoms with E-state index in [1.807, 2.05) is 13.8 Å². The molecule has 0 heteroatoms. The molecule has 0 saturated heterocycles. The first-order valence-electron chi connectivity index (χ1n) is 8.67. The fourth-order valence-corrected chi connectivity index (χ4v) is 2.27. The molecule has 0 aromatic heterocycles. The lowest BCUT2D eigenvalue weighted by Crippen LogP contribution is -1.91. The Labute approximate surface area is 142 Å². The molecule has 0 saturated carbocycles. The van der Waals surface area contributed by atoms with Crippen LogP contribution < -0.4 is 0 Å². The van der Waals surface area contributed by atoms with Crippen molar-refractivity contribution in [2.75, 3.05) is 0 Å². The minimum atomic E-state index is 0.970. The van der Waals surface area contributed by atoms with Gasteiger partial charge in [0.2, 0.25) is 0 Å². The molecule has 0 aliphatic heterocycles. The van der Waals surface area contributed by atoms with Gasteiger partial charge in [-0.2, -0.15) is 0 Å². The lowest BCUT2D eigenvalue weighted by atomic mass is 9.96. The quantitative estimate of drug-likeness (QED) is 0.526. The highest BCUT2D eigenvalue weighted by Crippen LogP contribution is 2.21. The van der Waals surface area contributed by atoms with Gasteiger partial charge in [0.15, 0.2) is 0 Å². The van der Waals surface area contributed by atoms with E-state index >= 15 is 0 Å². The molecule has 0 atom stereocenters. The van der Waals surface area contributed by atoms with Gasteiger partial charge in [-0.3, -0.25) is 0 Å². The average Bonchev–Trinajstić information content (AvgIpc) is 2.59. The Morgan fingerprint density at radius 2 is 1.35 bits per heavy atom. The highest BCUT2D eigenvalue weighted by molar-refractivity contribution is 5.69. The molecule has 0 radical (unpaired) electrons. The minimum absolute atomic E-state index is 0.970. The van der Waals surface area contributed by atoms with E-state index in [1.54, 1.807) is 0 Å². The summed E-state index contributed by atoms with van der Waals surface area (Å²) in [6.45, 7) is 10.4. The summed E-state index contributed by atoms with van der Waals surface area (Å²) in [6, 6.07) is 17.6. The van der Waals surface area contributed by atoms with Gasteiger partial charge >= 0.3 is 0 Å². The first-order valence-corrected chi connectivity index (χ1v) is 8.67. The van der Waals surface area contributed by atoms with E-state index in [0.29, 0.717) is 0 Å². The summed E-state index contributed by atoms with van der Waals surface area (Å²) in [6.07, 6.45) is 8.65. The Kier molecular flexibility index (Phi) is 8.75. The molecular formula is C23H30. The van der Waals surface area contributed by atoms with Gasteiger partial charge in [0.1, 0.15) is 0 Å². The molecule has 0 heterocycles. The van der Waals surface area contributed by atoms with Gasteiger partial charge in [0, 0.05) is 0 Å². The van der Waals surface area contributed by atoms with Crippen molar-refractivity contribution in [1.82, 2.24) is 0 Å². The first-order chi connectivity index (χ1) is 11.2. The summed E-state index contributed by atoms with van der Waals surface area (Å²) in [4.78, 5) is 0. The smallest absolute Gasteiger partial charge is 0.00198 e. The number of hydrogen-bond donors (Lipinski definition) is 0. The fraction of sp³-hybridized carbons (Fsp3) is 0.304. The molecule has 2 rings (SSSR count). The number of benzene rings is 2. The molecule has 0 amide bonds. The van der Waals surface area contributed by atoms with Crippen molar-refractivity contribution in [2.45, 2.75) is 47.5 Å². The number of hydrogen-bond acceptors (Lipinski definition) is 0. The second kappa shape index (κ2) is 10.6. The Morgan fingerprint density at radius 1 is 0.826 bits per heavy atom. The molecule has 0 unspecified atom stereocenters. The van der Waals surface area contributed by atoms with Gasteiger partial charge in [-0.1, -0.05) is 98.7 Å². The highest BCUT2D eigenvalue weighted by atomic mass is 14.1. The van der Waals surface area contributed by atoms with Crippen LogP contribution in [0.5, 0.6) is 0 Å². The number of allylic oxidation sites excluding steroid dienone is 4. The van der Waals surface area contributed by atoms with E-state index in [0.717, 1.165) is 12.8 Å². The molecule has 122 valence electrons. The molecule has 0 fully saturated rings. The van der Waals surface area contributed by atoms with E-state index < -0.39 is 0 Å². The fourth-order valence-electron chi connectivity index (χ4n) is 2.27. The zero-order valence-corrected chi connectivity index (χ0v) is 15.3. The third-order valence-electron chi connectivity index (χ3n) is 3.61. The van der Waals surface area contributed by atoms with Crippen LogP contribution in [0.1, 0.15) is 49.4 Å². The van der Waals surface area contributed by atoms with Crippen LogP contribution in [0.25, 0.3) is 5.57 Å². The Balaban J connectivity index is 0.00000127. The second-order valence-electron chi connectivity index (χ2n) is 5.56. The molecule has 0 aliphatic carbocycles. The van der Waals surface area contributed by atoms with Crippen LogP contribution in [-0.2, 0) is 6.42 Å². The summed E-state index contributed by atoms with van der Waals surface area (Å²) >= 11 is 0. The van der Waals surface area contributed by atoms with Gasteiger partial charge in [0.05, 0.1) is 0 Å². The van der Waals surface area contributed by atoms with Crippen molar-refractivity contribution in [1.29, 1.82) is 0 Å². The van der Waals surface area contributed by atoms with Gasteiger partial charge in [-0.15, -0.1) is 0 Å². The lowest BCUT2D eigenvalue weighted by Gasteiger charge is -2.09. The predicted molar refractivity (Wildman–Crippen MR) is 105 cm³/mol. The van der Waals surface area contributed by atoms with Crippen molar-refractivity contribution in [3.8, 4) is 0 Å². The monoisotopic (exact) mass is 306 g/mol. The largest absolute Gasteiger partial charge is 0.0848 e. The highest BCUT2D eigenvalue weighted by Gasteiger charge is 2.02. The molecule has 23 heavy (non-hydrogen) atoms. The standard InChI is InChI=1S/C21H24.C2H6/c1-4-5-6-7-21(20-14-10-18(3)11-15-20)16-19-12-8-17(2)9-13-19;1-2/h5-15H,4,16H2,1-3H3;1-2H3/b6-5-,21-7+;. The maximum absolute atomic E-state index is 2.24. The van der Waals surface area contributed by atoms with Gasteiger partial charge in [0.25, 0.3) is 0 Å². The number of aryl methyl sites for hydroxylation is 2. The van der Waals surface area contributed by atoms with Gasteiger partial charge < -0.3 is 0 Å². The zero-order chi connectivity index (χ0) is 17.1. The minimum Gasteiger partial charge on any atom is -0.0848 e. The molecule has 0 spiro atoms. The van der Waals surface area contributed by atoms with Crippen molar-refractivity contribution >= 4 is 5.57 Å². The van der Waals surface area contributed by atoms with E-state index in [-0.39, 0.29) is 0 Å². The summed E-state index contributed by atoms with van der Waals surface area (Å²) in [5.41, 5.74) is 6.64. The van der Waals surface area contributed by atoms with Crippen molar-refractivity contribution in [3.05, 3.63) is 89.0 Å². The molecule has 2 aromatic carbocycles. The van der Waals surface area contributed by atoms with E-state index in [1.165, 1.54) is 27.8 Å². The van der Waals surface area contributed by atoms with Crippen molar-refractivity contribution in [3.63, 3.8) is 0 Å². The molecular weight excluding hydrogens is 276 g/mol. The second-order valence-corrected chi connectivity index (χ2v) is 5.56.